The Kier molecular flexibility index (Phi) is 6.57. The Morgan fingerprint density at radius 3 is 2.47 bits per heavy atom. The maximum absolute atomic E-state index is 14.2. The predicted octanol–water partition coefficient (Wildman–Crippen LogP) is 2.93. The van der Waals surface area contributed by atoms with E-state index >= 15 is 0 Å². The summed E-state index contributed by atoms with van der Waals surface area (Å²) in [6.07, 6.45) is 1.96. The van der Waals surface area contributed by atoms with Crippen LogP contribution in [0.1, 0.15) is 46.3 Å². The summed E-state index contributed by atoms with van der Waals surface area (Å²) < 4.78 is 10.7. The molecule has 7 heteroatoms. The molecule has 1 aliphatic carbocycles. The van der Waals surface area contributed by atoms with E-state index in [1.54, 1.807) is 14.2 Å². The maximum Gasteiger partial charge on any atom is 0.254 e. The molecule has 1 saturated carbocycles. The summed E-state index contributed by atoms with van der Waals surface area (Å²) in [4.78, 5) is 34.2. The number of piperazine rings is 1. The Morgan fingerprint density at radius 1 is 1.00 bits per heavy atom. The molecule has 2 fully saturated rings. The fourth-order valence-electron chi connectivity index (χ4n) is 5.36. The molecule has 2 aliphatic heterocycles. The van der Waals surface area contributed by atoms with Crippen molar-refractivity contribution in [1.82, 2.24) is 14.7 Å². The summed E-state index contributed by atoms with van der Waals surface area (Å²) in [5.74, 6) is 0.425. The molecule has 5 rings (SSSR count). The number of fused-ring (bicyclic) bond motifs is 1. The molecule has 180 valence electrons. The zero-order chi connectivity index (χ0) is 23.7. The average molecular weight is 464 g/mol. The van der Waals surface area contributed by atoms with E-state index in [0.29, 0.717) is 25.3 Å². The summed E-state index contributed by atoms with van der Waals surface area (Å²) in [6.45, 7) is 4.60. The van der Waals surface area contributed by atoms with Gasteiger partial charge >= 0.3 is 0 Å². The SMILES string of the molecule is COCCN1CCN(C(=O)[C@H]2c3ccccc3C(=O)N(C3CC3)[C@H]2c2cccc(OC)c2)CC1. The third-order valence-corrected chi connectivity index (χ3v) is 7.31. The summed E-state index contributed by atoms with van der Waals surface area (Å²) in [6, 6.07) is 15.3. The number of benzene rings is 2. The molecule has 2 amide bonds. The number of hydrogen-bond donors (Lipinski definition) is 0. The van der Waals surface area contributed by atoms with E-state index in [9.17, 15) is 9.59 Å². The lowest BCUT2D eigenvalue weighted by Crippen LogP contribution is -2.54. The normalized spacial score (nSPS) is 23.1. The van der Waals surface area contributed by atoms with E-state index in [0.717, 1.165) is 49.4 Å². The van der Waals surface area contributed by atoms with Crippen molar-refractivity contribution in [2.45, 2.75) is 30.8 Å². The standard InChI is InChI=1S/C27H33N3O4/c1-33-17-16-28-12-14-29(15-13-28)27(32)24-22-8-3-4-9-23(22)26(31)30(20-10-11-20)25(24)19-6-5-7-21(18-19)34-2/h3-9,18,20,24-25H,10-17H2,1-2H3/t24-,25-/m0/s1. The molecule has 0 aromatic heterocycles. The quantitative estimate of drug-likeness (QED) is 0.632. The molecule has 1 saturated heterocycles. The largest absolute Gasteiger partial charge is 0.497 e. The smallest absolute Gasteiger partial charge is 0.254 e. The maximum atomic E-state index is 14.2. The second kappa shape index (κ2) is 9.76. The van der Waals surface area contributed by atoms with Gasteiger partial charge in [-0.1, -0.05) is 30.3 Å². The molecule has 2 aromatic carbocycles. The number of carbonyl (C=O) groups excluding carboxylic acids is 2. The van der Waals surface area contributed by atoms with E-state index < -0.39 is 5.92 Å². The number of hydrogen-bond acceptors (Lipinski definition) is 5. The van der Waals surface area contributed by atoms with Crippen LogP contribution in [0.15, 0.2) is 48.5 Å². The average Bonchev–Trinajstić information content (AvgIpc) is 3.72. The van der Waals surface area contributed by atoms with Crippen LogP contribution >= 0.6 is 0 Å². The van der Waals surface area contributed by atoms with Gasteiger partial charge in [-0.3, -0.25) is 14.5 Å². The van der Waals surface area contributed by atoms with E-state index in [-0.39, 0.29) is 23.9 Å². The Balaban J connectivity index is 1.52. The number of rotatable bonds is 7. The van der Waals surface area contributed by atoms with E-state index in [1.807, 2.05) is 58.3 Å². The van der Waals surface area contributed by atoms with Crippen LogP contribution in [0.5, 0.6) is 5.75 Å². The molecule has 34 heavy (non-hydrogen) atoms. The molecule has 3 aliphatic rings. The van der Waals surface area contributed by atoms with Crippen LogP contribution in [0.4, 0.5) is 0 Å². The first kappa shape index (κ1) is 22.9. The lowest BCUT2D eigenvalue weighted by Gasteiger charge is -2.44. The number of carbonyl (C=O) groups is 2. The van der Waals surface area contributed by atoms with Gasteiger partial charge in [-0.25, -0.2) is 0 Å². The lowest BCUT2D eigenvalue weighted by atomic mass is 9.78. The molecular formula is C27H33N3O4. The van der Waals surface area contributed by atoms with Crippen LogP contribution in [-0.2, 0) is 9.53 Å². The van der Waals surface area contributed by atoms with Crippen LogP contribution in [-0.4, -0.2) is 86.1 Å². The van der Waals surface area contributed by atoms with Crippen molar-refractivity contribution in [3.8, 4) is 5.75 Å². The van der Waals surface area contributed by atoms with Crippen molar-refractivity contribution in [2.75, 3.05) is 53.6 Å². The molecule has 2 atom stereocenters. The van der Waals surface area contributed by atoms with Gasteiger partial charge in [0.05, 0.1) is 25.7 Å². The summed E-state index contributed by atoms with van der Waals surface area (Å²) >= 11 is 0. The second-order valence-corrected chi connectivity index (χ2v) is 9.39. The molecule has 0 N–H and O–H groups in total. The van der Waals surface area contributed by atoms with Gasteiger partial charge in [0.25, 0.3) is 5.91 Å². The van der Waals surface area contributed by atoms with Gasteiger partial charge in [-0.05, 0) is 42.2 Å². The predicted molar refractivity (Wildman–Crippen MR) is 129 cm³/mol. The molecule has 0 spiro atoms. The molecule has 0 radical (unpaired) electrons. The van der Waals surface area contributed by atoms with E-state index in [4.69, 9.17) is 9.47 Å². The fourth-order valence-corrected chi connectivity index (χ4v) is 5.36. The zero-order valence-electron chi connectivity index (χ0n) is 20.0. The fraction of sp³-hybridized carbons (Fsp3) is 0.481. The second-order valence-electron chi connectivity index (χ2n) is 9.39. The van der Waals surface area contributed by atoms with Gasteiger partial charge in [-0.15, -0.1) is 0 Å². The lowest BCUT2D eigenvalue weighted by molar-refractivity contribution is -0.136. The van der Waals surface area contributed by atoms with Crippen molar-refractivity contribution in [3.63, 3.8) is 0 Å². The van der Waals surface area contributed by atoms with Crippen molar-refractivity contribution >= 4 is 11.8 Å². The first-order valence-corrected chi connectivity index (χ1v) is 12.2. The minimum atomic E-state index is -0.438. The Labute approximate surface area is 201 Å². The van der Waals surface area contributed by atoms with Crippen LogP contribution in [0.25, 0.3) is 0 Å². The van der Waals surface area contributed by atoms with Gasteiger partial charge in [-0.2, -0.15) is 0 Å². The number of ether oxygens (including phenoxy) is 2. The van der Waals surface area contributed by atoms with Crippen molar-refractivity contribution < 1.29 is 19.1 Å². The molecule has 2 heterocycles. The highest BCUT2D eigenvalue weighted by Crippen LogP contribution is 2.48. The molecular weight excluding hydrogens is 430 g/mol. The van der Waals surface area contributed by atoms with Gasteiger partial charge in [0.2, 0.25) is 5.91 Å². The number of methoxy groups -OCH3 is 2. The highest BCUT2D eigenvalue weighted by molar-refractivity contribution is 6.01. The first-order chi connectivity index (χ1) is 16.6. The first-order valence-electron chi connectivity index (χ1n) is 12.2. The monoisotopic (exact) mass is 463 g/mol. The minimum Gasteiger partial charge on any atom is -0.497 e. The number of nitrogens with zero attached hydrogens (tertiary/aromatic N) is 3. The van der Waals surface area contributed by atoms with Crippen molar-refractivity contribution in [3.05, 3.63) is 65.2 Å². The Hall–Kier alpha value is -2.90. The summed E-state index contributed by atoms with van der Waals surface area (Å²) in [7, 11) is 3.36. The topological polar surface area (TPSA) is 62.3 Å². The zero-order valence-corrected chi connectivity index (χ0v) is 20.0. The van der Waals surface area contributed by atoms with Gasteiger partial charge < -0.3 is 19.3 Å². The van der Waals surface area contributed by atoms with Crippen molar-refractivity contribution in [2.24, 2.45) is 0 Å². The van der Waals surface area contributed by atoms with E-state index in [2.05, 4.69) is 4.90 Å². The van der Waals surface area contributed by atoms with Crippen LogP contribution in [0.3, 0.4) is 0 Å². The van der Waals surface area contributed by atoms with Crippen LogP contribution in [0, 0.1) is 0 Å². The highest BCUT2D eigenvalue weighted by atomic mass is 16.5. The summed E-state index contributed by atoms with van der Waals surface area (Å²) in [5.41, 5.74) is 2.45. The number of amides is 2. The van der Waals surface area contributed by atoms with E-state index in [1.165, 1.54) is 0 Å². The molecule has 7 nitrogen and oxygen atoms in total. The van der Waals surface area contributed by atoms with Gasteiger partial charge in [0, 0.05) is 51.4 Å². The van der Waals surface area contributed by atoms with Gasteiger partial charge in [0.15, 0.2) is 0 Å². The van der Waals surface area contributed by atoms with Crippen molar-refractivity contribution in [1.29, 1.82) is 0 Å². The highest BCUT2D eigenvalue weighted by Gasteiger charge is 2.50. The molecule has 0 unspecified atom stereocenters. The third-order valence-electron chi connectivity index (χ3n) is 7.31. The Bertz CT molecular complexity index is 1050. The van der Waals surface area contributed by atoms with Gasteiger partial charge in [0.1, 0.15) is 5.75 Å². The third kappa shape index (κ3) is 4.30. The minimum absolute atomic E-state index is 0.0272. The van der Waals surface area contributed by atoms with Crippen LogP contribution < -0.4 is 4.74 Å². The molecule has 2 aromatic rings. The van der Waals surface area contributed by atoms with Crippen LogP contribution in [0.2, 0.25) is 0 Å². The summed E-state index contributed by atoms with van der Waals surface area (Å²) in [5, 5.41) is 0. The molecule has 0 bridgehead atoms. The Morgan fingerprint density at radius 2 is 1.76 bits per heavy atom.